The Kier molecular flexibility index (Phi) is 2.51. The maximum absolute atomic E-state index is 12.2. The molecule has 1 fully saturated rings. The maximum atomic E-state index is 12.2. The Labute approximate surface area is 105 Å². The fourth-order valence-corrected chi connectivity index (χ4v) is 2.72. The smallest absolute Gasteiger partial charge is 0.255 e. The highest BCUT2D eigenvalue weighted by molar-refractivity contribution is 6.07. The van der Waals surface area contributed by atoms with Crippen LogP contribution in [-0.2, 0) is 16.1 Å². The molecule has 1 atom stereocenters. The largest absolute Gasteiger partial charge is 0.324 e. The molecule has 4 heteroatoms. The average Bonchev–Trinajstić information content (AvgIpc) is 2.68. The number of Topliss-reactive ketones (excluding diaryl/α,β-unsaturated/α-hetero) is 2. The molecule has 1 aliphatic carbocycles. The summed E-state index contributed by atoms with van der Waals surface area (Å²) in [4.78, 5) is 36.9. The van der Waals surface area contributed by atoms with Gasteiger partial charge in [0, 0.05) is 18.5 Å². The van der Waals surface area contributed by atoms with Gasteiger partial charge in [-0.2, -0.15) is 0 Å². The Morgan fingerprint density at radius 2 is 1.89 bits per heavy atom. The first-order chi connectivity index (χ1) is 8.66. The Balaban J connectivity index is 1.86. The number of nitrogens with zero attached hydrogens (tertiary/aromatic N) is 1. The molecule has 1 aromatic rings. The number of carbonyl (C=O) groups is 3. The van der Waals surface area contributed by atoms with Gasteiger partial charge in [-0.3, -0.25) is 14.4 Å². The van der Waals surface area contributed by atoms with Crippen LogP contribution in [-0.4, -0.2) is 28.4 Å². The molecule has 0 aromatic heterocycles. The summed E-state index contributed by atoms with van der Waals surface area (Å²) >= 11 is 0. The fourth-order valence-electron chi connectivity index (χ4n) is 2.72. The highest BCUT2D eigenvalue weighted by atomic mass is 16.2. The molecule has 1 aliphatic heterocycles. The summed E-state index contributed by atoms with van der Waals surface area (Å²) in [5.41, 5.74) is 1.65. The summed E-state index contributed by atoms with van der Waals surface area (Å²) in [6.45, 7) is 0.486. The Morgan fingerprint density at radius 3 is 2.61 bits per heavy atom. The summed E-state index contributed by atoms with van der Waals surface area (Å²) in [5, 5.41) is 0. The van der Waals surface area contributed by atoms with Crippen LogP contribution in [0.15, 0.2) is 24.3 Å². The van der Waals surface area contributed by atoms with Crippen LogP contribution in [0.4, 0.5) is 0 Å². The van der Waals surface area contributed by atoms with Crippen molar-refractivity contribution in [3.05, 3.63) is 35.4 Å². The van der Waals surface area contributed by atoms with Gasteiger partial charge in [0.2, 0.25) is 0 Å². The average molecular weight is 243 g/mol. The first-order valence-corrected chi connectivity index (χ1v) is 6.10. The van der Waals surface area contributed by atoms with E-state index in [4.69, 9.17) is 0 Å². The molecule has 2 aliphatic rings. The van der Waals surface area contributed by atoms with Gasteiger partial charge in [0.25, 0.3) is 5.91 Å². The number of amides is 1. The van der Waals surface area contributed by atoms with Gasteiger partial charge in [-0.15, -0.1) is 0 Å². The molecule has 1 saturated carbocycles. The molecule has 1 amide bonds. The zero-order valence-corrected chi connectivity index (χ0v) is 9.89. The zero-order chi connectivity index (χ0) is 12.7. The predicted octanol–water partition coefficient (Wildman–Crippen LogP) is 1.33. The minimum absolute atomic E-state index is 0.0135. The van der Waals surface area contributed by atoms with Gasteiger partial charge >= 0.3 is 0 Å². The number of rotatable bonds is 1. The summed E-state index contributed by atoms with van der Waals surface area (Å²) in [5.74, 6) is -0.217. The SMILES string of the molecule is O=C1CC[C@@H](N2Cc3ccccc3C2=O)C(=O)C1. The van der Waals surface area contributed by atoms with Gasteiger partial charge in [-0.25, -0.2) is 0 Å². The van der Waals surface area contributed by atoms with Crippen molar-refractivity contribution in [2.45, 2.75) is 31.8 Å². The second-order valence-electron chi connectivity index (χ2n) is 4.83. The summed E-state index contributed by atoms with van der Waals surface area (Å²) in [7, 11) is 0. The van der Waals surface area contributed by atoms with Crippen LogP contribution in [0.3, 0.4) is 0 Å². The predicted molar refractivity (Wildman–Crippen MR) is 64.0 cm³/mol. The molecule has 0 spiro atoms. The highest BCUT2D eigenvalue weighted by Gasteiger charge is 2.38. The molecule has 0 unspecified atom stereocenters. The van der Waals surface area contributed by atoms with Crippen LogP contribution in [0, 0.1) is 0 Å². The fraction of sp³-hybridized carbons (Fsp3) is 0.357. The number of hydrogen-bond donors (Lipinski definition) is 0. The third-order valence-electron chi connectivity index (χ3n) is 3.67. The maximum Gasteiger partial charge on any atom is 0.255 e. The van der Waals surface area contributed by atoms with E-state index in [0.29, 0.717) is 24.9 Å². The molecule has 92 valence electrons. The van der Waals surface area contributed by atoms with E-state index in [1.54, 1.807) is 11.0 Å². The molecule has 3 rings (SSSR count). The molecular formula is C14H13NO3. The number of ketones is 2. The molecule has 1 aromatic carbocycles. The zero-order valence-electron chi connectivity index (χ0n) is 9.89. The third kappa shape index (κ3) is 1.65. The lowest BCUT2D eigenvalue weighted by Crippen LogP contribution is -2.44. The van der Waals surface area contributed by atoms with Crippen LogP contribution in [0.2, 0.25) is 0 Å². The molecule has 0 saturated heterocycles. The van der Waals surface area contributed by atoms with E-state index in [2.05, 4.69) is 0 Å². The van der Waals surface area contributed by atoms with Crippen molar-refractivity contribution in [3.8, 4) is 0 Å². The van der Waals surface area contributed by atoms with Crippen molar-refractivity contribution in [1.82, 2.24) is 4.90 Å². The second-order valence-corrected chi connectivity index (χ2v) is 4.83. The van der Waals surface area contributed by atoms with E-state index in [0.717, 1.165) is 5.56 Å². The minimum Gasteiger partial charge on any atom is -0.324 e. The van der Waals surface area contributed by atoms with Crippen LogP contribution in [0.5, 0.6) is 0 Å². The normalized spacial score (nSPS) is 23.4. The van der Waals surface area contributed by atoms with Crippen LogP contribution >= 0.6 is 0 Å². The van der Waals surface area contributed by atoms with E-state index in [1.807, 2.05) is 18.2 Å². The molecule has 0 N–H and O–H groups in total. The first kappa shape index (κ1) is 11.1. The third-order valence-corrected chi connectivity index (χ3v) is 3.67. The Morgan fingerprint density at radius 1 is 1.11 bits per heavy atom. The van der Waals surface area contributed by atoms with E-state index in [-0.39, 0.29) is 23.9 Å². The van der Waals surface area contributed by atoms with Gasteiger partial charge in [-0.1, -0.05) is 18.2 Å². The van der Waals surface area contributed by atoms with Crippen molar-refractivity contribution in [2.75, 3.05) is 0 Å². The second kappa shape index (κ2) is 4.05. The van der Waals surface area contributed by atoms with E-state index >= 15 is 0 Å². The van der Waals surface area contributed by atoms with Gasteiger partial charge in [0.05, 0.1) is 12.5 Å². The summed E-state index contributed by atoms with van der Waals surface area (Å²) in [6, 6.07) is 7.00. The lowest BCUT2D eigenvalue weighted by atomic mass is 9.92. The van der Waals surface area contributed by atoms with E-state index < -0.39 is 6.04 Å². The van der Waals surface area contributed by atoms with Crippen molar-refractivity contribution in [1.29, 1.82) is 0 Å². The van der Waals surface area contributed by atoms with Crippen molar-refractivity contribution in [2.24, 2.45) is 0 Å². The highest BCUT2D eigenvalue weighted by Crippen LogP contribution is 2.28. The van der Waals surface area contributed by atoms with Crippen LogP contribution in [0.25, 0.3) is 0 Å². The van der Waals surface area contributed by atoms with Gasteiger partial charge in [-0.05, 0) is 18.1 Å². The quantitative estimate of drug-likeness (QED) is 0.699. The molecular weight excluding hydrogens is 230 g/mol. The number of benzene rings is 1. The topological polar surface area (TPSA) is 54.5 Å². The van der Waals surface area contributed by atoms with Gasteiger partial charge in [0.1, 0.15) is 5.78 Å². The van der Waals surface area contributed by atoms with Crippen molar-refractivity contribution in [3.63, 3.8) is 0 Å². The molecule has 18 heavy (non-hydrogen) atoms. The molecule has 4 nitrogen and oxygen atoms in total. The van der Waals surface area contributed by atoms with Crippen LogP contribution < -0.4 is 0 Å². The van der Waals surface area contributed by atoms with Crippen LogP contribution in [0.1, 0.15) is 35.2 Å². The Hall–Kier alpha value is -1.97. The van der Waals surface area contributed by atoms with Crippen molar-refractivity contribution >= 4 is 17.5 Å². The van der Waals surface area contributed by atoms with E-state index in [1.165, 1.54) is 0 Å². The molecule has 0 bridgehead atoms. The monoisotopic (exact) mass is 243 g/mol. The molecule has 0 radical (unpaired) electrons. The Bertz CT molecular complexity index is 550. The standard InChI is InChI=1S/C14H13NO3/c16-10-5-6-12(13(17)7-10)15-8-9-3-1-2-4-11(9)14(15)18/h1-4,12H,5-8H2/t12-/m1/s1. The number of carbonyl (C=O) groups excluding carboxylic acids is 3. The summed E-state index contributed by atoms with van der Waals surface area (Å²) in [6.07, 6.45) is 0.846. The van der Waals surface area contributed by atoms with E-state index in [9.17, 15) is 14.4 Å². The number of hydrogen-bond acceptors (Lipinski definition) is 3. The van der Waals surface area contributed by atoms with Gasteiger partial charge < -0.3 is 4.90 Å². The lowest BCUT2D eigenvalue weighted by molar-refractivity contribution is -0.133. The minimum atomic E-state index is -0.414. The summed E-state index contributed by atoms with van der Waals surface area (Å²) < 4.78 is 0. The molecule has 1 heterocycles. The van der Waals surface area contributed by atoms with Gasteiger partial charge in [0.15, 0.2) is 5.78 Å². The van der Waals surface area contributed by atoms with Crippen molar-refractivity contribution < 1.29 is 14.4 Å². The number of fused-ring (bicyclic) bond motifs is 1. The lowest BCUT2D eigenvalue weighted by Gasteiger charge is -2.29. The first-order valence-electron chi connectivity index (χ1n) is 6.10.